The average Bonchev–Trinajstić information content (AvgIpc) is 2.56. The molecule has 1 aliphatic rings. The summed E-state index contributed by atoms with van der Waals surface area (Å²) < 4.78 is 0. The molecule has 1 saturated heterocycles. The Morgan fingerprint density at radius 1 is 0.952 bits per heavy atom. The van der Waals surface area contributed by atoms with E-state index < -0.39 is 0 Å². The van der Waals surface area contributed by atoms with E-state index in [9.17, 15) is 4.79 Å². The van der Waals surface area contributed by atoms with Gasteiger partial charge in [-0.3, -0.25) is 9.78 Å². The average molecular weight is 304 g/mol. The van der Waals surface area contributed by atoms with Gasteiger partial charge in [0.15, 0.2) is 0 Å². The first-order valence-electron chi connectivity index (χ1n) is 6.85. The van der Waals surface area contributed by atoms with E-state index in [1.165, 1.54) is 0 Å². The van der Waals surface area contributed by atoms with Gasteiger partial charge in [-0.25, -0.2) is 0 Å². The fraction of sp³-hybridized carbons (Fsp3) is 0.250. The number of halogens is 1. The number of nitrogens with zero attached hydrogens (tertiary/aromatic N) is 2. The van der Waals surface area contributed by atoms with Crippen LogP contribution in [0.15, 0.2) is 48.8 Å². The molecule has 110 valence electrons. The molecule has 0 saturated carbocycles. The van der Waals surface area contributed by atoms with Crippen LogP contribution in [0.5, 0.6) is 0 Å². The molecule has 1 aromatic heterocycles. The molecule has 2 heterocycles. The van der Waals surface area contributed by atoms with E-state index in [-0.39, 0.29) is 18.3 Å². The van der Waals surface area contributed by atoms with Gasteiger partial charge >= 0.3 is 0 Å². The molecule has 3 rings (SSSR count). The molecular weight excluding hydrogens is 286 g/mol. The van der Waals surface area contributed by atoms with Gasteiger partial charge in [-0.2, -0.15) is 0 Å². The molecule has 1 N–H and O–H groups in total. The van der Waals surface area contributed by atoms with Gasteiger partial charge in [0.25, 0.3) is 5.91 Å². The fourth-order valence-corrected chi connectivity index (χ4v) is 2.40. The summed E-state index contributed by atoms with van der Waals surface area (Å²) in [5, 5.41) is 3.25. The largest absolute Gasteiger partial charge is 0.336 e. The first-order valence-corrected chi connectivity index (χ1v) is 6.85. The van der Waals surface area contributed by atoms with E-state index in [0.29, 0.717) is 0 Å². The summed E-state index contributed by atoms with van der Waals surface area (Å²) >= 11 is 0. The highest BCUT2D eigenvalue weighted by Crippen LogP contribution is 2.19. The highest BCUT2D eigenvalue weighted by molar-refractivity contribution is 5.94. The second kappa shape index (κ2) is 7.20. The molecule has 1 fully saturated rings. The van der Waals surface area contributed by atoms with Gasteiger partial charge in [-0.1, -0.05) is 12.1 Å². The normalized spacial score (nSPS) is 14.4. The number of hydrogen-bond donors (Lipinski definition) is 1. The first kappa shape index (κ1) is 15.5. The molecule has 0 spiro atoms. The van der Waals surface area contributed by atoms with Crippen LogP contribution in [0, 0.1) is 0 Å². The van der Waals surface area contributed by atoms with Crippen molar-refractivity contribution in [2.24, 2.45) is 0 Å². The highest BCUT2D eigenvalue weighted by Gasteiger charge is 2.17. The van der Waals surface area contributed by atoms with E-state index >= 15 is 0 Å². The van der Waals surface area contributed by atoms with Crippen LogP contribution >= 0.6 is 12.4 Å². The SMILES string of the molecule is Cl.O=C(c1ccc(-c2ccncc2)cc1)N1CCNCC1. The van der Waals surface area contributed by atoms with E-state index in [4.69, 9.17) is 0 Å². The summed E-state index contributed by atoms with van der Waals surface area (Å²) in [5.41, 5.74) is 2.97. The third-order valence-corrected chi connectivity index (χ3v) is 3.55. The van der Waals surface area contributed by atoms with Crippen molar-refractivity contribution in [3.63, 3.8) is 0 Å². The molecule has 5 heteroatoms. The number of benzene rings is 1. The topological polar surface area (TPSA) is 45.2 Å². The lowest BCUT2D eigenvalue weighted by Crippen LogP contribution is -2.46. The third kappa shape index (κ3) is 3.60. The Bertz CT molecular complexity index is 580. The highest BCUT2D eigenvalue weighted by atomic mass is 35.5. The Balaban J connectivity index is 0.00000161. The second-order valence-corrected chi connectivity index (χ2v) is 4.86. The Kier molecular flexibility index (Phi) is 5.31. The fourth-order valence-electron chi connectivity index (χ4n) is 2.40. The molecule has 4 nitrogen and oxygen atoms in total. The number of carbonyl (C=O) groups excluding carboxylic acids is 1. The van der Waals surface area contributed by atoms with Crippen LogP contribution in [0.4, 0.5) is 0 Å². The van der Waals surface area contributed by atoms with Crippen LogP contribution in [0.25, 0.3) is 11.1 Å². The number of rotatable bonds is 2. The summed E-state index contributed by atoms with van der Waals surface area (Å²) in [7, 11) is 0. The second-order valence-electron chi connectivity index (χ2n) is 4.86. The van der Waals surface area contributed by atoms with Crippen molar-refractivity contribution in [3.05, 3.63) is 54.4 Å². The number of carbonyl (C=O) groups is 1. The number of amides is 1. The molecule has 21 heavy (non-hydrogen) atoms. The van der Waals surface area contributed by atoms with Crippen molar-refractivity contribution >= 4 is 18.3 Å². The Morgan fingerprint density at radius 2 is 1.52 bits per heavy atom. The Hall–Kier alpha value is -1.91. The zero-order valence-corrected chi connectivity index (χ0v) is 12.5. The monoisotopic (exact) mass is 303 g/mol. The summed E-state index contributed by atoms with van der Waals surface area (Å²) in [4.78, 5) is 18.2. The van der Waals surface area contributed by atoms with Crippen LogP contribution < -0.4 is 5.32 Å². The van der Waals surface area contributed by atoms with Crippen molar-refractivity contribution < 1.29 is 4.79 Å². The van der Waals surface area contributed by atoms with Crippen molar-refractivity contribution in [3.8, 4) is 11.1 Å². The minimum Gasteiger partial charge on any atom is -0.336 e. The lowest BCUT2D eigenvalue weighted by atomic mass is 10.0. The van der Waals surface area contributed by atoms with Crippen molar-refractivity contribution in [1.29, 1.82) is 0 Å². The molecule has 0 aliphatic carbocycles. The van der Waals surface area contributed by atoms with E-state index in [0.717, 1.165) is 42.9 Å². The van der Waals surface area contributed by atoms with Gasteiger partial charge in [-0.05, 0) is 35.4 Å². The molecule has 0 radical (unpaired) electrons. The van der Waals surface area contributed by atoms with Gasteiger partial charge in [0.1, 0.15) is 0 Å². The zero-order chi connectivity index (χ0) is 13.8. The molecular formula is C16H18ClN3O. The Labute approximate surface area is 130 Å². The van der Waals surface area contributed by atoms with Crippen LogP contribution in [0.1, 0.15) is 10.4 Å². The zero-order valence-electron chi connectivity index (χ0n) is 11.7. The molecule has 0 atom stereocenters. The van der Waals surface area contributed by atoms with Gasteiger partial charge in [0.05, 0.1) is 0 Å². The van der Waals surface area contributed by atoms with Crippen molar-refractivity contribution in [2.75, 3.05) is 26.2 Å². The number of pyridine rings is 1. The van der Waals surface area contributed by atoms with Crippen molar-refractivity contribution in [2.45, 2.75) is 0 Å². The smallest absolute Gasteiger partial charge is 0.253 e. The van der Waals surface area contributed by atoms with Crippen LogP contribution in [-0.4, -0.2) is 42.0 Å². The van der Waals surface area contributed by atoms with Crippen molar-refractivity contribution in [1.82, 2.24) is 15.2 Å². The van der Waals surface area contributed by atoms with Gasteiger partial charge in [-0.15, -0.1) is 12.4 Å². The number of hydrogen-bond acceptors (Lipinski definition) is 3. The standard InChI is InChI=1S/C16H17N3O.ClH/c20-16(19-11-9-18-10-12-19)15-3-1-13(2-4-15)14-5-7-17-8-6-14;/h1-8,18H,9-12H2;1H. The number of aromatic nitrogens is 1. The predicted octanol–water partition coefficient (Wildman–Crippen LogP) is 2.22. The molecule has 1 aliphatic heterocycles. The van der Waals surface area contributed by atoms with Crippen LogP contribution in [0.3, 0.4) is 0 Å². The maximum atomic E-state index is 12.3. The summed E-state index contributed by atoms with van der Waals surface area (Å²) in [6.07, 6.45) is 3.55. The number of nitrogens with one attached hydrogen (secondary N) is 1. The third-order valence-electron chi connectivity index (χ3n) is 3.55. The van der Waals surface area contributed by atoms with E-state index in [1.807, 2.05) is 41.3 Å². The molecule has 1 amide bonds. The minimum atomic E-state index is 0. The lowest BCUT2D eigenvalue weighted by molar-refractivity contribution is 0.0736. The minimum absolute atomic E-state index is 0. The lowest BCUT2D eigenvalue weighted by Gasteiger charge is -2.27. The molecule has 2 aromatic rings. The summed E-state index contributed by atoms with van der Waals surface area (Å²) in [5.74, 6) is 0.118. The molecule has 0 bridgehead atoms. The van der Waals surface area contributed by atoms with E-state index in [1.54, 1.807) is 12.4 Å². The van der Waals surface area contributed by atoms with Gasteiger partial charge < -0.3 is 10.2 Å². The predicted molar refractivity (Wildman–Crippen MR) is 85.7 cm³/mol. The quantitative estimate of drug-likeness (QED) is 0.925. The Morgan fingerprint density at radius 3 is 2.14 bits per heavy atom. The van der Waals surface area contributed by atoms with Gasteiger partial charge in [0, 0.05) is 44.1 Å². The van der Waals surface area contributed by atoms with E-state index in [2.05, 4.69) is 10.3 Å². The van der Waals surface area contributed by atoms with Crippen LogP contribution in [-0.2, 0) is 0 Å². The van der Waals surface area contributed by atoms with Gasteiger partial charge in [0.2, 0.25) is 0 Å². The molecule has 1 aromatic carbocycles. The summed E-state index contributed by atoms with van der Waals surface area (Å²) in [6, 6.07) is 11.7. The maximum Gasteiger partial charge on any atom is 0.253 e. The first-order chi connectivity index (χ1) is 9.84. The van der Waals surface area contributed by atoms with Crippen LogP contribution in [0.2, 0.25) is 0 Å². The summed E-state index contributed by atoms with van der Waals surface area (Å²) in [6.45, 7) is 3.32. The molecule has 0 unspecified atom stereocenters. The maximum absolute atomic E-state index is 12.3. The number of piperazine rings is 1.